The van der Waals surface area contributed by atoms with Gasteiger partial charge < -0.3 is 14.6 Å². The second-order valence-electron chi connectivity index (χ2n) is 5.77. The lowest BCUT2D eigenvalue weighted by atomic mass is 10.0. The second-order valence-corrected chi connectivity index (χ2v) is 7.71. The van der Waals surface area contributed by atoms with E-state index in [4.69, 9.17) is 9.47 Å². The summed E-state index contributed by atoms with van der Waals surface area (Å²) < 4.78 is 37.7. The molecule has 0 aliphatic carbocycles. The number of sulfonamides is 1. The minimum atomic E-state index is -3.82. The summed E-state index contributed by atoms with van der Waals surface area (Å²) in [7, 11) is -2.31. The molecule has 8 heteroatoms. The zero-order chi connectivity index (χ0) is 18.7. The Labute approximate surface area is 151 Å². The number of methoxy groups -OCH3 is 1. The molecule has 0 amide bonds. The molecule has 0 unspecified atom stereocenters. The molecular formula is C18H19NO6S. The van der Waals surface area contributed by atoms with Crippen molar-refractivity contribution in [2.24, 2.45) is 0 Å². The SMILES string of the molecule is COc1ccccc1-c1cc(C(=O)O)cc(S(=O)(=O)N2CCOCC2)c1. The topological polar surface area (TPSA) is 93.1 Å². The van der Waals surface area contributed by atoms with Gasteiger partial charge in [0.15, 0.2) is 0 Å². The predicted octanol–water partition coefficient (Wildman–Crippen LogP) is 2.08. The quantitative estimate of drug-likeness (QED) is 0.858. The van der Waals surface area contributed by atoms with E-state index in [0.717, 1.165) is 0 Å². The lowest BCUT2D eigenvalue weighted by Gasteiger charge is -2.26. The van der Waals surface area contributed by atoms with E-state index in [9.17, 15) is 18.3 Å². The number of carbonyl (C=O) groups is 1. The number of carboxylic acids is 1. The molecule has 1 fully saturated rings. The Morgan fingerprint density at radius 2 is 1.85 bits per heavy atom. The van der Waals surface area contributed by atoms with Crippen LogP contribution in [0.2, 0.25) is 0 Å². The molecule has 7 nitrogen and oxygen atoms in total. The van der Waals surface area contributed by atoms with Crippen LogP contribution in [-0.2, 0) is 14.8 Å². The minimum Gasteiger partial charge on any atom is -0.496 e. The number of hydrogen-bond acceptors (Lipinski definition) is 5. The van der Waals surface area contributed by atoms with Crippen molar-refractivity contribution in [2.75, 3.05) is 33.4 Å². The highest BCUT2D eigenvalue weighted by Gasteiger charge is 2.28. The van der Waals surface area contributed by atoms with Gasteiger partial charge in [-0.3, -0.25) is 0 Å². The van der Waals surface area contributed by atoms with Gasteiger partial charge in [-0.2, -0.15) is 4.31 Å². The third kappa shape index (κ3) is 3.57. The van der Waals surface area contributed by atoms with Crippen LogP contribution in [-0.4, -0.2) is 57.2 Å². The van der Waals surface area contributed by atoms with E-state index in [0.29, 0.717) is 30.1 Å². The minimum absolute atomic E-state index is 0.0554. The van der Waals surface area contributed by atoms with E-state index in [1.165, 1.54) is 29.6 Å². The normalized spacial score (nSPS) is 15.6. The lowest BCUT2D eigenvalue weighted by Crippen LogP contribution is -2.40. The molecular weight excluding hydrogens is 358 g/mol. The molecule has 1 aliphatic heterocycles. The molecule has 1 heterocycles. The Balaban J connectivity index is 2.14. The van der Waals surface area contributed by atoms with Crippen molar-refractivity contribution in [2.45, 2.75) is 4.90 Å². The molecule has 2 aromatic carbocycles. The number of nitrogens with zero attached hydrogens (tertiary/aromatic N) is 1. The number of hydrogen-bond donors (Lipinski definition) is 1. The van der Waals surface area contributed by atoms with Crippen LogP contribution >= 0.6 is 0 Å². The van der Waals surface area contributed by atoms with Crippen LogP contribution in [0.1, 0.15) is 10.4 Å². The van der Waals surface area contributed by atoms with Gasteiger partial charge in [0, 0.05) is 18.7 Å². The first-order valence-corrected chi connectivity index (χ1v) is 9.47. The van der Waals surface area contributed by atoms with Crippen LogP contribution in [0.5, 0.6) is 5.75 Å². The smallest absolute Gasteiger partial charge is 0.335 e. The van der Waals surface area contributed by atoms with Crippen molar-refractivity contribution in [1.82, 2.24) is 4.31 Å². The van der Waals surface area contributed by atoms with Crippen LogP contribution in [0, 0.1) is 0 Å². The average molecular weight is 377 g/mol. The Bertz CT molecular complexity index is 919. The second kappa shape index (κ2) is 7.45. The van der Waals surface area contributed by atoms with Gasteiger partial charge in [0.25, 0.3) is 0 Å². The molecule has 138 valence electrons. The Morgan fingerprint density at radius 3 is 2.50 bits per heavy atom. The van der Waals surface area contributed by atoms with Crippen molar-refractivity contribution in [3.8, 4) is 16.9 Å². The largest absolute Gasteiger partial charge is 0.496 e. The maximum absolute atomic E-state index is 12.9. The zero-order valence-electron chi connectivity index (χ0n) is 14.2. The fourth-order valence-corrected chi connectivity index (χ4v) is 4.33. The van der Waals surface area contributed by atoms with E-state index in [1.807, 2.05) is 0 Å². The maximum atomic E-state index is 12.9. The molecule has 0 radical (unpaired) electrons. The summed E-state index contributed by atoms with van der Waals surface area (Å²) in [5.74, 6) is -0.662. The first kappa shape index (κ1) is 18.4. The van der Waals surface area contributed by atoms with Crippen molar-refractivity contribution >= 4 is 16.0 Å². The van der Waals surface area contributed by atoms with Crippen molar-refractivity contribution in [1.29, 1.82) is 0 Å². The number of morpholine rings is 1. The number of carboxylic acid groups (broad SMARTS) is 1. The summed E-state index contributed by atoms with van der Waals surface area (Å²) in [4.78, 5) is 11.5. The maximum Gasteiger partial charge on any atom is 0.335 e. The Kier molecular flexibility index (Phi) is 5.26. The molecule has 2 aromatic rings. The third-order valence-corrected chi connectivity index (χ3v) is 6.06. The number of ether oxygens (including phenoxy) is 2. The monoisotopic (exact) mass is 377 g/mol. The molecule has 0 saturated carbocycles. The van der Waals surface area contributed by atoms with Crippen LogP contribution in [0.15, 0.2) is 47.4 Å². The van der Waals surface area contributed by atoms with Crippen LogP contribution in [0.3, 0.4) is 0 Å². The zero-order valence-corrected chi connectivity index (χ0v) is 15.0. The highest BCUT2D eigenvalue weighted by molar-refractivity contribution is 7.89. The number of rotatable bonds is 5. The average Bonchev–Trinajstić information content (AvgIpc) is 2.68. The van der Waals surface area contributed by atoms with Crippen molar-refractivity contribution in [3.63, 3.8) is 0 Å². The third-order valence-electron chi connectivity index (χ3n) is 4.18. The molecule has 1 N–H and O–H groups in total. The summed E-state index contributed by atoms with van der Waals surface area (Å²) in [6.45, 7) is 1.11. The van der Waals surface area contributed by atoms with Gasteiger partial charge in [0.2, 0.25) is 10.0 Å². The van der Waals surface area contributed by atoms with Crippen LogP contribution in [0.4, 0.5) is 0 Å². The lowest BCUT2D eigenvalue weighted by molar-refractivity contribution is 0.0696. The van der Waals surface area contributed by atoms with E-state index in [1.54, 1.807) is 24.3 Å². The van der Waals surface area contributed by atoms with Gasteiger partial charge >= 0.3 is 5.97 Å². The van der Waals surface area contributed by atoms with Crippen molar-refractivity contribution in [3.05, 3.63) is 48.0 Å². The molecule has 26 heavy (non-hydrogen) atoms. The highest BCUT2D eigenvalue weighted by Crippen LogP contribution is 2.32. The van der Waals surface area contributed by atoms with Crippen molar-refractivity contribution < 1.29 is 27.8 Å². The van der Waals surface area contributed by atoms with Crippen LogP contribution < -0.4 is 4.74 Å². The van der Waals surface area contributed by atoms with E-state index >= 15 is 0 Å². The first-order valence-electron chi connectivity index (χ1n) is 8.03. The summed E-state index contributed by atoms with van der Waals surface area (Å²) in [5, 5.41) is 9.42. The van der Waals surface area contributed by atoms with Gasteiger partial charge in [-0.05, 0) is 29.8 Å². The van der Waals surface area contributed by atoms with Gasteiger partial charge in [0.1, 0.15) is 5.75 Å². The van der Waals surface area contributed by atoms with Gasteiger partial charge in [-0.1, -0.05) is 18.2 Å². The summed E-state index contributed by atoms with van der Waals surface area (Å²) in [5.41, 5.74) is 0.992. The number of aromatic carboxylic acids is 1. The van der Waals surface area contributed by atoms with Crippen LogP contribution in [0.25, 0.3) is 11.1 Å². The molecule has 0 bridgehead atoms. The summed E-state index contributed by atoms with van der Waals surface area (Å²) >= 11 is 0. The highest BCUT2D eigenvalue weighted by atomic mass is 32.2. The molecule has 0 atom stereocenters. The number of para-hydroxylation sites is 1. The molecule has 1 saturated heterocycles. The first-order chi connectivity index (χ1) is 12.4. The fraction of sp³-hybridized carbons (Fsp3) is 0.278. The van der Waals surface area contributed by atoms with Gasteiger partial charge in [0.05, 0.1) is 30.8 Å². The summed E-state index contributed by atoms with van der Waals surface area (Å²) in [6.07, 6.45) is 0. The molecule has 1 aliphatic rings. The van der Waals surface area contributed by atoms with E-state index in [2.05, 4.69) is 0 Å². The van der Waals surface area contributed by atoms with Gasteiger partial charge in [-0.25, -0.2) is 13.2 Å². The fourth-order valence-electron chi connectivity index (χ4n) is 2.85. The van der Waals surface area contributed by atoms with E-state index < -0.39 is 16.0 Å². The molecule has 0 aromatic heterocycles. The predicted molar refractivity (Wildman–Crippen MR) is 95.0 cm³/mol. The molecule has 3 rings (SSSR count). The Hall–Kier alpha value is -2.42. The van der Waals surface area contributed by atoms with Gasteiger partial charge in [-0.15, -0.1) is 0 Å². The number of benzene rings is 2. The standard InChI is InChI=1S/C18H19NO6S/c1-24-17-5-3-2-4-16(17)13-10-14(18(20)21)12-15(11-13)26(22,23)19-6-8-25-9-7-19/h2-5,10-12H,6-9H2,1H3,(H,20,21). The van der Waals surface area contributed by atoms with E-state index in [-0.39, 0.29) is 23.5 Å². The molecule has 0 spiro atoms. The Morgan fingerprint density at radius 1 is 1.15 bits per heavy atom. The summed E-state index contributed by atoms with van der Waals surface area (Å²) in [6, 6.07) is 11.2.